The lowest BCUT2D eigenvalue weighted by molar-refractivity contribution is 0.128. The lowest BCUT2D eigenvalue weighted by Gasteiger charge is -2.36. The molecule has 0 aliphatic carbocycles. The SMILES string of the molecule is COCC1CCN(C(C(C)C)C(N)c2ccccc2)C1. The summed E-state index contributed by atoms with van der Waals surface area (Å²) in [5, 5.41) is 0. The van der Waals surface area contributed by atoms with Crippen LogP contribution in [0.5, 0.6) is 0 Å². The van der Waals surface area contributed by atoms with E-state index in [1.165, 1.54) is 12.0 Å². The minimum absolute atomic E-state index is 0.0810. The molecule has 0 saturated carbocycles. The van der Waals surface area contributed by atoms with E-state index in [0.717, 1.165) is 19.7 Å². The standard InChI is InChI=1S/C17H28N2O/c1-13(2)17(16(18)15-7-5-4-6-8-15)19-10-9-14(11-19)12-20-3/h4-8,13-14,16-17H,9-12,18H2,1-3H3. The van der Waals surface area contributed by atoms with E-state index in [4.69, 9.17) is 10.5 Å². The first kappa shape index (κ1) is 15.5. The predicted octanol–water partition coefficient (Wildman–Crippen LogP) is 2.68. The maximum Gasteiger partial charge on any atom is 0.0503 e. The molecule has 0 bridgehead atoms. The lowest BCUT2D eigenvalue weighted by atomic mass is 9.90. The van der Waals surface area contributed by atoms with Gasteiger partial charge in [-0.25, -0.2) is 0 Å². The summed E-state index contributed by atoms with van der Waals surface area (Å²) in [6.07, 6.45) is 1.22. The number of hydrogen-bond donors (Lipinski definition) is 1. The molecular weight excluding hydrogens is 248 g/mol. The van der Waals surface area contributed by atoms with Crippen molar-refractivity contribution in [3.05, 3.63) is 35.9 Å². The van der Waals surface area contributed by atoms with Crippen LogP contribution in [0, 0.1) is 11.8 Å². The van der Waals surface area contributed by atoms with Gasteiger partial charge in [0, 0.05) is 25.7 Å². The van der Waals surface area contributed by atoms with Crippen LogP contribution in [-0.4, -0.2) is 37.7 Å². The van der Waals surface area contributed by atoms with E-state index >= 15 is 0 Å². The van der Waals surface area contributed by atoms with Crippen molar-refractivity contribution < 1.29 is 4.74 Å². The minimum Gasteiger partial charge on any atom is -0.384 e. The van der Waals surface area contributed by atoms with Crippen LogP contribution in [0.3, 0.4) is 0 Å². The van der Waals surface area contributed by atoms with Gasteiger partial charge in [-0.1, -0.05) is 44.2 Å². The number of likely N-dealkylation sites (tertiary alicyclic amines) is 1. The van der Waals surface area contributed by atoms with E-state index < -0.39 is 0 Å². The Balaban J connectivity index is 2.08. The largest absolute Gasteiger partial charge is 0.384 e. The number of methoxy groups -OCH3 is 1. The highest BCUT2D eigenvalue weighted by molar-refractivity contribution is 5.20. The Kier molecular flexibility index (Phi) is 5.58. The molecule has 20 heavy (non-hydrogen) atoms. The van der Waals surface area contributed by atoms with Crippen molar-refractivity contribution in [3.8, 4) is 0 Å². The molecule has 2 rings (SSSR count). The average Bonchev–Trinajstić information content (AvgIpc) is 2.88. The summed E-state index contributed by atoms with van der Waals surface area (Å²) in [7, 11) is 1.79. The Morgan fingerprint density at radius 1 is 1.30 bits per heavy atom. The van der Waals surface area contributed by atoms with Gasteiger partial charge < -0.3 is 10.5 Å². The van der Waals surface area contributed by atoms with E-state index in [1.54, 1.807) is 7.11 Å². The number of nitrogens with zero attached hydrogens (tertiary/aromatic N) is 1. The summed E-state index contributed by atoms with van der Waals surface area (Å²) in [6, 6.07) is 11.0. The van der Waals surface area contributed by atoms with Gasteiger partial charge in [0.05, 0.1) is 6.61 Å². The molecule has 0 radical (unpaired) electrons. The zero-order valence-electron chi connectivity index (χ0n) is 13.0. The fraction of sp³-hybridized carbons (Fsp3) is 0.647. The molecule has 1 heterocycles. The molecule has 3 nitrogen and oxygen atoms in total. The summed E-state index contributed by atoms with van der Waals surface area (Å²) in [6.45, 7) is 7.66. The maximum absolute atomic E-state index is 6.57. The van der Waals surface area contributed by atoms with Gasteiger partial charge in [0.15, 0.2) is 0 Å². The summed E-state index contributed by atoms with van der Waals surface area (Å²) < 4.78 is 5.30. The number of nitrogens with two attached hydrogens (primary N) is 1. The molecular formula is C17H28N2O. The lowest BCUT2D eigenvalue weighted by Crippen LogP contribution is -2.45. The third-order valence-corrected chi connectivity index (χ3v) is 4.38. The average molecular weight is 276 g/mol. The third-order valence-electron chi connectivity index (χ3n) is 4.38. The van der Waals surface area contributed by atoms with Crippen LogP contribution in [-0.2, 0) is 4.74 Å². The Hall–Kier alpha value is -0.900. The van der Waals surface area contributed by atoms with E-state index in [0.29, 0.717) is 17.9 Å². The molecule has 1 saturated heterocycles. The predicted molar refractivity (Wildman–Crippen MR) is 83.6 cm³/mol. The van der Waals surface area contributed by atoms with Gasteiger partial charge in [-0.05, 0) is 30.4 Å². The first-order valence-electron chi connectivity index (χ1n) is 7.67. The first-order valence-corrected chi connectivity index (χ1v) is 7.67. The molecule has 0 spiro atoms. The molecule has 0 amide bonds. The normalized spacial score (nSPS) is 23.1. The highest BCUT2D eigenvalue weighted by atomic mass is 16.5. The van der Waals surface area contributed by atoms with Crippen molar-refractivity contribution in [3.63, 3.8) is 0 Å². The molecule has 3 unspecified atom stereocenters. The summed E-state index contributed by atoms with van der Waals surface area (Å²) >= 11 is 0. The maximum atomic E-state index is 6.57. The molecule has 1 fully saturated rings. The molecule has 3 heteroatoms. The van der Waals surface area contributed by atoms with Crippen molar-refractivity contribution in [2.45, 2.75) is 32.4 Å². The molecule has 2 N–H and O–H groups in total. The van der Waals surface area contributed by atoms with Gasteiger partial charge in [-0.15, -0.1) is 0 Å². The van der Waals surface area contributed by atoms with E-state index in [1.807, 2.05) is 6.07 Å². The summed E-state index contributed by atoms with van der Waals surface area (Å²) in [4.78, 5) is 2.56. The highest BCUT2D eigenvalue weighted by Gasteiger charge is 2.33. The molecule has 0 aromatic heterocycles. The van der Waals surface area contributed by atoms with Gasteiger partial charge in [0.25, 0.3) is 0 Å². The molecule has 1 aromatic carbocycles. The fourth-order valence-electron chi connectivity index (χ4n) is 3.44. The zero-order chi connectivity index (χ0) is 14.5. The monoisotopic (exact) mass is 276 g/mol. The van der Waals surface area contributed by atoms with Crippen molar-refractivity contribution in [1.29, 1.82) is 0 Å². The van der Waals surface area contributed by atoms with Crippen LogP contribution in [0.15, 0.2) is 30.3 Å². The number of rotatable bonds is 6. The van der Waals surface area contributed by atoms with E-state index in [-0.39, 0.29) is 6.04 Å². The first-order chi connectivity index (χ1) is 9.63. The zero-order valence-corrected chi connectivity index (χ0v) is 13.0. The topological polar surface area (TPSA) is 38.5 Å². The summed E-state index contributed by atoms with van der Waals surface area (Å²) in [5.41, 5.74) is 7.80. The Morgan fingerprint density at radius 3 is 2.60 bits per heavy atom. The Labute approximate surface area is 123 Å². The van der Waals surface area contributed by atoms with Crippen molar-refractivity contribution in [2.24, 2.45) is 17.6 Å². The van der Waals surface area contributed by atoms with Crippen LogP contribution < -0.4 is 5.73 Å². The summed E-state index contributed by atoms with van der Waals surface area (Å²) in [5.74, 6) is 1.20. The van der Waals surface area contributed by atoms with Gasteiger partial charge >= 0.3 is 0 Å². The smallest absolute Gasteiger partial charge is 0.0503 e. The van der Waals surface area contributed by atoms with Crippen LogP contribution in [0.2, 0.25) is 0 Å². The van der Waals surface area contributed by atoms with Gasteiger partial charge in [0.1, 0.15) is 0 Å². The minimum atomic E-state index is 0.0810. The van der Waals surface area contributed by atoms with Gasteiger partial charge in [0.2, 0.25) is 0 Å². The van der Waals surface area contributed by atoms with E-state index in [9.17, 15) is 0 Å². The quantitative estimate of drug-likeness (QED) is 0.868. The van der Waals surface area contributed by atoms with Crippen LogP contribution >= 0.6 is 0 Å². The van der Waals surface area contributed by atoms with Gasteiger partial charge in [-0.3, -0.25) is 4.90 Å². The molecule has 1 aliphatic heterocycles. The second-order valence-corrected chi connectivity index (χ2v) is 6.28. The molecule has 1 aliphatic rings. The van der Waals surface area contributed by atoms with Crippen molar-refractivity contribution >= 4 is 0 Å². The fourth-order valence-corrected chi connectivity index (χ4v) is 3.44. The van der Waals surface area contributed by atoms with Crippen LogP contribution in [0.4, 0.5) is 0 Å². The van der Waals surface area contributed by atoms with Crippen molar-refractivity contribution in [1.82, 2.24) is 4.90 Å². The molecule has 1 aromatic rings. The number of hydrogen-bond acceptors (Lipinski definition) is 3. The van der Waals surface area contributed by atoms with Gasteiger partial charge in [-0.2, -0.15) is 0 Å². The Morgan fingerprint density at radius 2 is 2.00 bits per heavy atom. The van der Waals surface area contributed by atoms with Crippen molar-refractivity contribution in [2.75, 3.05) is 26.8 Å². The highest BCUT2D eigenvalue weighted by Crippen LogP contribution is 2.29. The number of benzene rings is 1. The second kappa shape index (κ2) is 7.21. The Bertz CT molecular complexity index is 393. The third kappa shape index (κ3) is 3.60. The second-order valence-electron chi connectivity index (χ2n) is 6.28. The number of ether oxygens (including phenoxy) is 1. The van der Waals surface area contributed by atoms with Crippen LogP contribution in [0.1, 0.15) is 31.9 Å². The molecule has 112 valence electrons. The van der Waals surface area contributed by atoms with Crippen LogP contribution in [0.25, 0.3) is 0 Å². The molecule has 3 atom stereocenters. The van der Waals surface area contributed by atoms with E-state index in [2.05, 4.69) is 43.0 Å².